The highest BCUT2D eigenvalue weighted by Crippen LogP contribution is 2.23. The fourth-order valence-corrected chi connectivity index (χ4v) is 3.12. The van der Waals surface area contributed by atoms with Crippen LogP contribution < -0.4 is 10.1 Å². The number of rotatable bonds is 8. The number of halogens is 2. The maximum Gasteiger partial charge on any atom is 0.387 e. The van der Waals surface area contributed by atoms with E-state index in [1.54, 1.807) is 18.2 Å². The first-order chi connectivity index (χ1) is 14.0. The topological polar surface area (TPSA) is 63.9 Å². The third-order valence-corrected chi connectivity index (χ3v) is 4.58. The van der Waals surface area contributed by atoms with E-state index < -0.39 is 6.61 Å². The first-order valence-electron chi connectivity index (χ1n) is 9.40. The number of benzene rings is 1. The van der Waals surface area contributed by atoms with Crippen LogP contribution in [0.4, 0.5) is 8.78 Å². The van der Waals surface area contributed by atoms with E-state index in [1.807, 2.05) is 19.1 Å². The van der Waals surface area contributed by atoms with Crippen LogP contribution in [0.15, 0.2) is 46.9 Å². The molecule has 0 aliphatic carbocycles. The van der Waals surface area contributed by atoms with Crippen molar-refractivity contribution in [1.82, 2.24) is 10.2 Å². The maximum absolute atomic E-state index is 12.3. The number of hydrogen-bond donors (Lipinski definition) is 1. The number of morpholine rings is 1. The van der Waals surface area contributed by atoms with Gasteiger partial charge in [-0.15, -0.1) is 0 Å². The summed E-state index contributed by atoms with van der Waals surface area (Å²) in [5, 5.41) is 2.90. The zero-order chi connectivity index (χ0) is 20.6. The van der Waals surface area contributed by atoms with Gasteiger partial charge in [0.1, 0.15) is 17.3 Å². The summed E-state index contributed by atoms with van der Waals surface area (Å²) in [5.74, 6) is 1.45. The predicted molar refractivity (Wildman–Crippen MR) is 104 cm³/mol. The number of alkyl halides is 2. The van der Waals surface area contributed by atoms with Gasteiger partial charge in [-0.05, 0) is 42.8 Å². The Morgan fingerprint density at radius 2 is 1.93 bits per heavy atom. The molecule has 2 aromatic rings. The van der Waals surface area contributed by atoms with Crippen molar-refractivity contribution in [2.24, 2.45) is 0 Å². The summed E-state index contributed by atoms with van der Waals surface area (Å²) in [5.41, 5.74) is 0.702. The molecule has 1 amide bonds. The van der Waals surface area contributed by atoms with Crippen LogP contribution in [0, 0.1) is 6.92 Å². The van der Waals surface area contributed by atoms with Crippen LogP contribution >= 0.6 is 0 Å². The number of ether oxygens (including phenoxy) is 2. The van der Waals surface area contributed by atoms with Gasteiger partial charge < -0.3 is 19.2 Å². The van der Waals surface area contributed by atoms with E-state index in [0.717, 1.165) is 24.6 Å². The Morgan fingerprint density at radius 3 is 2.55 bits per heavy atom. The summed E-state index contributed by atoms with van der Waals surface area (Å²) < 4.78 is 39.9. The van der Waals surface area contributed by atoms with Gasteiger partial charge in [0.15, 0.2) is 0 Å². The molecule has 1 aliphatic rings. The number of nitrogens with one attached hydrogen (secondary N) is 1. The average molecular weight is 406 g/mol. The SMILES string of the molecule is Cc1ccc(C(CNC(=O)/C=C/c2ccc(OC(F)F)cc2)N2CCOCC2)o1. The van der Waals surface area contributed by atoms with Gasteiger partial charge in [0.25, 0.3) is 0 Å². The number of amides is 1. The second-order valence-corrected chi connectivity index (χ2v) is 6.64. The van der Waals surface area contributed by atoms with E-state index in [4.69, 9.17) is 9.15 Å². The third kappa shape index (κ3) is 6.40. The van der Waals surface area contributed by atoms with Crippen molar-refractivity contribution >= 4 is 12.0 Å². The smallest absolute Gasteiger partial charge is 0.387 e. The molecule has 0 spiro atoms. The molecule has 1 atom stereocenters. The highest BCUT2D eigenvalue weighted by atomic mass is 19.3. The molecular formula is C21H24F2N2O4. The van der Waals surface area contributed by atoms with Crippen molar-refractivity contribution in [2.45, 2.75) is 19.6 Å². The van der Waals surface area contributed by atoms with Crippen LogP contribution in [-0.4, -0.2) is 50.3 Å². The van der Waals surface area contributed by atoms with Crippen LogP contribution in [0.2, 0.25) is 0 Å². The molecule has 1 aliphatic heterocycles. The molecule has 1 unspecified atom stereocenters. The van der Waals surface area contributed by atoms with E-state index in [9.17, 15) is 13.6 Å². The van der Waals surface area contributed by atoms with Gasteiger partial charge >= 0.3 is 6.61 Å². The van der Waals surface area contributed by atoms with Gasteiger partial charge in [0.2, 0.25) is 5.91 Å². The molecule has 0 radical (unpaired) electrons. The molecule has 1 fully saturated rings. The van der Waals surface area contributed by atoms with Crippen LogP contribution in [-0.2, 0) is 9.53 Å². The molecule has 3 rings (SSSR count). The molecular weight excluding hydrogens is 382 g/mol. The standard InChI is InChI=1S/C21H24F2N2O4/c1-15-2-8-19(28-15)18(25-10-12-27-13-11-25)14-24-20(26)9-5-16-3-6-17(7-4-16)29-21(22)23/h2-9,18,21H,10-14H2,1H3,(H,24,26)/b9-5+. The number of nitrogens with zero attached hydrogens (tertiary/aromatic N) is 1. The van der Waals surface area contributed by atoms with Gasteiger partial charge in [0, 0.05) is 25.7 Å². The van der Waals surface area contributed by atoms with E-state index in [-0.39, 0.29) is 17.7 Å². The van der Waals surface area contributed by atoms with Crippen molar-refractivity contribution < 1.29 is 27.5 Å². The van der Waals surface area contributed by atoms with Gasteiger partial charge in [-0.3, -0.25) is 9.69 Å². The first kappa shape index (κ1) is 21.0. The molecule has 156 valence electrons. The molecule has 0 saturated carbocycles. The fourth-order valence-electron chi connectivity index (χ4n) is 3.12. The number of carbonyl (C=O) groups is 1. The number of hydrogen-bond acceptors (Lipinski definition) is 5. The zero-order valence-electron chi connectivity index (χ0n) is 16.1. The normalized spacial score (nSPS) is 16.3. The minimum atomic E-state index is -2.86. The van der Waals surface area contributed by atoms with Crippen LogP contribution in [0.3, 0.4) is 0 Å². The predicted octanol–water partition coefficient (Wildman–Crippen LogP) is 3.39. The molecule has 2 heterocycles. The third-order valence-electron chi connectivity index (χ3n) is 4.58. The van der Waals surface area contributed by atoms with Gasteiger partial charge in [0.05, 0.1) is 19.3 Å². The van der Waals surface area contributed by atoms with E-state index >= 15 is 0 Å². The van der Waals surface area contributed by atoms with Gasteiger partial charge in [-0.25, -0.2) is 0 Å². The largest absolute Gasteiger partial charge is 0.465 e. The Labute approximate surface area is 168 Å². The summed E-state index contributed by atoms with van der Waals surface area (Å²) in [7, 11) is 0. The molecule has 0 bridgehead atoms. The summed E-state index contributed by atoms with van der Waals surface area (Å²) in [6.07, 6.45) is 3.02. The summed E-state index contributed by atoms with van der Waals surface area (Å²) in [6.45, 7) is 2.26. The van der Waals surface area contributed by atoms with Crippen molar-refractivity contribution in [3.05, 3.63) is 59.6 Å². The Hall–Kier alpha value is -2.71. The number of furan rings is 1. The fraction of sp³-hybridized carbons (Fsp3) is 0.381. The summed E-state index contributed by atoms with van der Waals surface area (Å²) in [4.78, 5) is 14.5. The Morgan fingerprint density at radius 1 is 1.21 bits per heavy atom. The highest BCUT2D eigenvalue weighted by Gasteiger charge is 2.25. The number of carbonyl (C=O) groups excluding carboxylic acids is 1. The van der Waals surface area contributed by atoms with E-state index in [0.29, 0.717) is 25.3 Å². The Kier molecular flexibility index (Phi) is 7.37. The van der Waals surface area contributed by atoms with Crippen LogP contribution in [0.1, 0.15) is 23.1 Å². The lowest BCUT2D eigenvalue weighted by Gasteiger charge is -2.33. The lowest BCUT2D eigenvalue weighted by molar-refractivity contribution is -0.116. The molecule has 1 N–H and O–H groups in total. The number of aryl methyl sites for hydroxylation is 1. The summed E-state index contributed by atoms with van der Waals surface area (Å²) in [6, 6.07) is 9.82. The molecule has 6 nitrogen and oxygen atoms in total. The summed E-state index contributed by atoms with van der Waals surface area (Å²) >= 11 is 0. The van der Waals surface area contributed by atoms with E-state index in [2.05, 4.69) is 15.0 Å². The van der Waals surface area contributed by atoms with Crippen LogP contribution in [0.25, 0.3) is 6.08 Å². The van der Waals surface area contributed by atoms with Gasteiger partial charge in [-0.2, -0.15) is 8.78 Å². The van der Waals surface area contributed by atoms with Crippen molar-refractivity contribution in [1.29, 1.82) is 0 Å². The average Bonchev–Trinajstić information content (AvgIpc) is 3.14. The minimum absolute atomic E-state index is 0.0729. The lowest BCUT2D eigenvalue weighted by Crippen LogP contribution is -2.43. The molecule has 1 aromatic heterocycles. The minimum Gasteiger partial charge on any atom is -0.465 e. The Balaban J connectivity index is 1.57. The molecule has 1 aromatic carbocycles. The Bertz CT molecular complexity index is 814. The second-order valence-electron chi connectivity index (χ2n) is 6.64. The van der Waals surface area contributed by atoms with Gasteiger partial charge in [-0.1, -0.05) is 12.1 Å². The maximum atomic E-state index is 12.3. The van der Waals surface area contributed by atoms with Crippen molar-refractivity contribution in [3.63, 3.8) is 0 Å². The van der Waals surface area contributed by atoms with E-state index in [1.165, 1.54) is 18.2 Å². The monoisotopic (exact) mass is 406 g/mol. The highest BCUT2D eigenvalue weighted by molar-refractivity contribution is 5.91. The first-order valence-corrected chi connectivity index (χ1v) is 9.40. The van der Waals surface area contributed by atoms with Crippen LogP contribution in [0.5, 0.6) is 5.75 Å². The van der Waals surface area contributed by atoms with Crippen molar-refractivity contribution in [2.75, 3.05) is 32.8 Å². The molecule has 8 heteroatoms. The quantitative estimate of drug-likeness (QED) is 0.681. The second kappa shape index (κ2) is 10.2. The lowest BCUT2D eigenvalue weighted by atomic mass is 10.1. The van der Waals surface area contributed by atoms with Crippen molar-refractivity contribution in [3.8, 4) is 5.75 Å². The zero-order valence-corrected chi connectivity index (χ0v) is 16.1. The molecule has 1 saturated heterocycles. The molecule has 29 heavy (non-hydrogen) atoms.